The molecule has 4 heteroatoms. The van der Waals surface area contributed by atoms with E-state index < -0.39 is 0 Å². The Morgan fingerprint density at radius 1 is 1.05 bits per heavy atom. The summed E-state index contributed by atoms with van der Waals surface area (Å²) < 4.78 is 0. The van der Waals surface area contributed by atoms with Gasteiger partial charge < -0.3 is 16.0 Å². The van der Waals surface area contributed by atoms with Gasteiger partial charge in [-0.25, -0.2) is 0 Å². The first-order valence-corrected chi connectivity index (χ1v) is 8.11. The molecular weight excluding hydrogens is 266 g/mol. The van der Waals surface area contributed by atoms with E-state index in [4.69, 9.17) is 5.73 Å². The number of piperidine rings is 1. The number of hydrogen-bond acceptors (Lipinski definition) is 4. The first-order chi connectivity index (χ1) is 9.83. The van der Waals surface area contributed by atoms with Crippen molar-refractivity contribution < 1.29 is 0 Å². The van der Waals surface area contributed by atoms with Crippen LogP contribution in [0.25, 0.3) is 0 Å². The fourth-order valence-corrected chi connectivity index (χ4v) is 3.36. The number of nitrogen functional groups attached to an aromatic ring is 1. The van der Waals surface area contributed by atoms with Crippen LogP contribution in [-0.4, -0.2) is 13.1 Å². The molecule has 1 saturated heterocycles. The zero-order valence-electron chi connectivity index (χ0n) is 11.6. The zero-order chi connectivity index (χ0) is 13.8. The largest absolute Gasteiger partial charge is 0.398 e. The van der Waals surface area contributed by atoms with Crippen LogP contribution in [-0.2, 0) is 6.54 Å². The smallest absolute Gasteiger partial charge is 0.0514 e. The molecule has 0 amide bonds. The van der Waals surface area contributed by atoms with Gasteiger partial charge in [0.2, 0.25) is 0 Å². The molecule has 0 unspecified atom stereocenters. The van der Waals surface area contributed by atoms with Crippen LogP contribution < -0.4 is 16.0 Å². The maximum Gasteiger partial charge on any atom is 0.0514 e. The van der Waals surface area contributed by atoms with Crippen LogP contribution in [0.1, 0.15) is 24.1 Å². The van der Waals surface area contributed by atoms with Gasteiger partial charge in [0.15, 0.2) is 0 Å². The van der Waals surface area contributed by atoms with E-state index >= 15 is 0 Å². The van der Waals surface area contributed by atoms with Crippen molar-refractivity contribution in [3.05, 3.63) is 40.6 Å². The first kappa shape index (κ1) is 13.3. The maximum absolute atomic E-state index is 5.89. The first-order valence-electron chi connectivity index (χ1n) is 7.24. The van der Waals surface area contributed by atoms with Crippen LogP contribution in [0.3, 0.4) is 0 Å². The van der Waals surface area contributed by atoms with Gasteiger partial charge in [-0.2, -0.15) is 0 Å². The van der Waals surface area contributed by atoms with Gasteiger partial charge in [-0.1, -0.05) is 0 Å². The third kappa shape index (κ3) is 3.07. The second-order valence-corrected chi connectivity index (χ2v) is 6.25. The number of anilines is 3. The quantitative estimate of drug-likeness (QED) is 0.895. The molecule has 0 spiro atoms. The Kier molecular flexibility index (Phi) is 4.11. The Morgan fingerprint density at radius 3 is 2.45 bits per heavy atom. The number of nitrogens with two attached hydrogens (primary N) is 1. The predicted octanol–water partition coefficient (Wildman–Crippen LogP) is 3.93. The molecule has 3 nitrogen and oxygen atoms in total. The summed E-state index contributed by atoms with van der Waals surface area (Å²) in [4.78, 5) is 3.68. The summed E-state index contributed by atoms with van der Waals surface area (Å²) in [6, 6.07) is 10.7. The highest BCUT2D eigenvalue weighted by molar-refractivity contribution is 7.10. The minimum atomic E-state index is 0.798. The number of rotatable bonds is 4. The molecular formula is C16H21N3S. The van der Waals surface area contributed by atoms with Gasteiger partial charge >= 0.3 is 0 Å². The van der Waals surface area contributed by atoms with Crippen molar-refractivity contribution in [3.63, 3.8) is 0 Å². The number of hydrogen-bond donors (Lipinski definition) is 2. The molecule has 0 radical (unpaired) electrons. The van der Waals surface area contributed by atoms with E-state index in [1.165, 1.54) is 42.9 Å². The molecule has 2 aromatic rings. The van der Waals surface area contributed by atoms with E-state index in [1.807, 2.05) is 11.4 Å². The molecule has 1 aliphatic heterocycles. The molecule has 3 N–H and O–H groups in total. The molecule has 1 aliphatic rings. The fourth-order valence-electron chi connectivity index (χ4n) is 2.62. The minimum Gasteiger partial charge on any atom is -0.398 e. The highest BCUT2D eigenvalue weighted by atomic mass is 32.1. The second-order valence-electron chi connectivity index (χ2n) is 5.25. The van der Waals surface area contributed by atoms with Crippen LogP contribution >= 0.6 is 11.3 Å². The highest BCUT2D eigenvalue weighted by Crippen LogP contribution is 2.23. The van der Waals surface area contributed by atoms with Gasteiger partial charge in [0.1, 0.15) is 0 Å². The molecule has 2 heterocycles. The van der Waals surface area contributed by atoms with Gasteiger partial charge in [0, 0.05) is 35.0 Å². The molecule has 3 rings (SSSR count). The van der Waals surface area contributed by atoms with E-state index in [0.29, 0.717) is 0 Å². The average molecular weight is 287 g/mol. The maximum atomic E-state index is 5.89. The lowest BCUT2D eigenvalue weighted by atomic mass is 10.1. The third-order valence-corrected chi connectivity index (χ3v) is 4.76. The monoisotopic (exact) mass is 287 g/mol. The van der Waals surface area contributed by atoms with Crippen LogP contribution in [0.15, 0.2) is 35.7 Å². The Bertz CT molecular complexity index is 541. The SMILES string of the molecule is Nc1ccsc1CNc1ccc(N2CCCCC2)cc1. The molecule has 0 saturated carbocycles. The van der Waals surface area contributed by atoms with Crippen LogP contribution in [0.4, 0.5) is 17.1 Å². The minimum absolute atomic E-state index is 0.798. The summed E-state index contributed by atoms with van der Waals surface area (Å²) in [5.74, 6) is 0. The van der Waals surface area contributed by atoms with Crippen LogP contribution in [0, 0.1) is 0 Å². The topological polar surface area (TPSA) is 41.3 Å². The zero-order valence-corrected chi connectivity index (χ0v) is 12.5. The molecule has 0 aliphatic carbocycles. The Balaban J connectivity index is 1.59. The van der Waals surface area contributed by atoms with E-state index in [2.05, 4.69) is 34.5 Å². The van der Waals surface area contributed by atoms with Gasteiger partial charge in [-0.15, -0.1) is 11.3 Å². The second kappa shape index (κ2) is 6.18. The number of benzene rings is 1. The lowest BCUT2D eigenvalue weighted by molar-refractivity contribution is 0.578. The van der Waals surface area contributed by atoms with Crippen molar-refractivity contribution in [2.45, 2.75) is 25.8 Å². The molecule has 0 bridgehead atoms. The normalized spacial score (nSPS) is 15.3. The summed E-state index contributed by atoms with van der Waals surface area (Å²) in [5.41, 5.74) is 9.26. The Morgan fingerprint density at radius 2 is 1.80 bits per heavy atom. The lowest BCUT2D eigenvalue weighted by Gasteiger charge is -2.28. The summed E-state index contributed by atoms with van der Waals surface area (Å²) in [7, 11) is 0. The Labute approximate surface area is 124 Å². The standard InChI is InChI=1S/C16H21N3S/c17-15-8-11-20-16(15)12-18-13-4-6-14(7-5-13)19-9-2-1-3-10-19/h4-8,11,18H,1-3,9-10,12,17H2. The fraction of sp³-hybridized carbons (Fsp3) is 0.375. The van der Waals surface area contributed by atoms with E-state index in [-0.39, 0.29) is 0 Å². The number of thiophene rings is 1. The van der Waals surface area contributed by atoms with Gasteiger partial charge in [-0.3, -0.25) is 0 Å². The van der Waals surface area contributed by atoms with Crippen molar-refractivity contribution in [1.29, 1.82) is 0 Å². The predicted molar refractivity (Wildman–Crippen MR) is 88.6 cm³/mol. The molecule has 20 heavy (non-hydrogen) atoms. The number of nitrogens with zero attached hydrogens (tertiary/aromatic N) is 1. The summed E-state index contributed by atoms with van der Waals surface area (Å²) >= 11 is 1.70. The highest BCUT2D eigenvalue weighted by Gasteiger charge is 2.10. The molecule has 0 atom stereocenters. The van der Waals surface area contributed by atoms with Crippen LogP contribution in [0.2, 0.25) is 0 Å². The summed E-state index contributed by atoms with van der Waals surface area (Å²) in [5, 5.41) is 5.46. The molecule has 106 valence electrons. The molecule has 1 aromatic carbocycles. The third-order valence-electron chi connectivity index (χ3n) is 3.82. The molecule has 1 aromatic heterocycles. The average Bonchev–Trinajstić information content (AvgIpc) is 2.92. The van der Waals surface area contributed by atoms with E-state index in [9.17, 15) is 0 Å². The van der Waals surface area contributed by atoms with Crippen molar-refractivity contribution in [1.82, 2.24) is 0 Å². The Hall–Kier alpha value is -1.68. The van der Waals surface area contributed by atoms with Gasteiger partial charge in [-0.05, 0) is 55.0 Å². The van der Waals surface area contributed by atoms with Crippen molar-refractivity contribution in [3.8, 4) is 0 Å². The summed E-state index contributed by atoms with van der Waals surface area (Å²) in [6.45, 7) is 3.18. The van der Waals surface area contributed by atoms with Crippen LogP contribution in [0.5, 0.6) is 0 Å². The van der Waals surface area contributed by atoms with Gasteiger partial charge in [0.25, 0.3) is 0 Å². The van der Waals surface area contributed by atoms with Crippen molar-refractivity contribution in [2.24, 2.45) is 0 Å². The van der Waals surface area contributed by atoms with Gasteiger partial charge in [0.05, 0.1) is 6.54 Å². The lowest BCUT2D eigenvalue weighted by Crippen LogP contribution is -2.29. The summed E-state index contributed by atoms with van der Waals surface area (Å²) in [6.07, 6.45) is 4.01. The number of nitrogens with one attached hydrogen (secondary N) is 1. The van der Waals surface area contributed by atoms with Crippen molar-refractivity contribution in [2.75, 3.05) is 29.0 Å². The van der Waals surface area contributed by atoms with Crippen molar-refractivity contribution >= 4 is 28.4 Å². The van der Waals surface area contributed by atoms with E-state index in [0.717, 1.165) is 17.9 Å². The van der Waals surface area contributed by atoms with E-state index in [1.54, 1.807) is 11.3 Å². The molecule has 1 fully saturated rings.